The number of thiazole rings is 1. The van der Waals surface area contributed by atoms with Gasteiger partial charge in [-0.05, 0) is 79.4 Å². The van der Waals surface area contributed by atoms with Gasteiger partial charge in [0.25, 0.3) is 5.78 Å². The third-order valence-corrected chi connectivity index (χ3v) is 7.90. The molecule has 1 N–H and O–H groups in total. The van der Waals surface area contributed by atoms with Crippen LogP contribution in [0.1, 0.15) is 44.4 Å². The van der Waals surface area contributed by atoms with Gasteiger partial charge < -0.3 is 19.3 Å². The summed E-state index contributed by atoms with van der Waals surface area (Å²) >= 11 is 1.23. The molecule has 0 saturated carbocycles. The summed E-state index contributed by atoms with van der Waals surface area (Å²) in [5.74, 6) is -0.599. The zero-order chi connectivity index (χ0) is 30.0. The summed E-state index contributed by atoms with van der Waals surface area (Å²) in [5, 5.41) is 11.6. The maximum absolute atomic E-state index is 13.7. The first-order chi connectivity index (χ1) is 20.2. The quantitative estimate of drug-likeness (QED) is 0.122. The number of fused-ring (bicyclic) bond motifs is 1. The summed E-state index contributed by atoms with van der Waals surface area (Å²) in [5.41, 5.74) is 1.19. The number of ether oxygens (including phenoxy) is 3. The van der Waals surface area contributed by atoms with Crippen LogP contribution in [0.5, 0.6) is 17.2 Å². The maximum atomic E-state index is 13.7. The van der Waals surface area contributed by atoms with Crippen LogP contribution in [0.2, 0.25) is 0 Å². The van der Waals surface area contributed by atoms with E-state index in [1.54, 1.807) is 30.3 Å². The molecule has 0 bridgehead atoms. The number of aliphatic hydroxyl groups excluding tert-OH is 1. The van der Waals surface area contributed by atoms with E-state index in [-0.39, 0.29) is 16.3 Å². The average molecular weight is 591 g/mol. The average Bonchev–Trinajstić information content (AvgIpc) is 3.50. The zero-order valence-electron chi connectivity index (χ0n) is 23.7. The Balaban J connectivity index is 1.65. The number of aromatic nitrogens is 1. The number of hydrogen-bond acceptors (Lipinski definition) is 8. The molecule has 10 heteroatoms. The minimum atomic E-state index is -1.04. The fourth-order valence-electron chi connectivity index (χ4n) is 4.74. The normalized spacial score (nSPS) is 16.4. The highest BCUT2D eigenvalue weighted by atomic mass is 32.1. The van der Waals surface area contributed by atoms with E-state index in [1.807, 2.05) is 13.0 Å². The molecule has 0 aliphatic carbocycles. The van der Waals surface area contributed by atoms with E-state index in [9.17, 15) is 19.1 Å². The molecular formula is C32H31FN2O6S. The fraction of sp³-hybridized carbons (Fsp3) is 0.281. The number of carbonyl (C=O) groups excluding carboxylic acids is 2. The molecule has 42 heavy (non-hydrogen) atoms. The van der Waals surface area contributed by atoms with E-state index in [2.05, 4.69) is 18.8 Å². The van der Waals surface area contributed by atoms with Crippen molar-refractivity contribution in [3.8, 4) is 17.2 Å². The molecule has 0 radical (unpaired) electrons. The molecule has 1 fully saturated rings. The number of anilines is 1. The first-order valence-corrected chi connectivity index (χ1v) is 14.4. The first-order valence-electron chi connectivity index (χ1n) is 13.6. The number of amides is 1. The number of nitrogens with zero attached hydrogens (tertiary/aromatic N) is 2. The molecule has 218 valence electrons. The van der Waals surface area contributed by atoms with Crippen LogP contribution < -0.4 is 19.1 Å². The highest BCUT2D eigenvalue weighted by Gasteiger charge is 2.48. The molecule has 1 atom stereocenters. The second kappa shape index (κ2) is 12.2. The third kappa shape index (κ3) is 5.67. The number of benzene rings is 3. The van der Waals surface area contributed by atoms with Crippen LogP contribution in [0.15, 0.2) is 66.2 Å². The van der Waals surface area contributed by atoms with Gasteiger partial charge in [0.1, 0.15) is 17.3 Å². The molecule has 5 rings (SSSR count). The van der Waals surface area contributed by atoms with Crippen LogP contribution in [-0.2, 0) is 9.59 Å². The van der Waals surface area contributed by atoms with E-state index in [4.69, 9.17) is 14.2 Å². The maximum Gasteiger partial charge on any atom is 0.301 e. The van der Waals surface area contributed by atoms with Gasteiger partial charge in [0.05, 0.1) is 42.2 Å². The lowest BCUT2D eigenvalue weighted by Crippen LogP contribution is -2.29. The highest BCUT2D eigenvalue weighted by Crippen LogP contribution is 2.46. The Hall–Kier alpha value is -4.44. The zero-order valence-corrected chi connectivity index (χ0v) is 24.5. The molecule has 1 saturated heterocycles. The molecular weight excluding hydrogens is 559 g/mol. The summed E-state index contributed by atoms with van der Waals surface area (Å²) < 4.78 is 31.6. The number of ketones is 1. The third-order valence-electron chi connectivity index (χ3n) is 6.88. The molecule has 3 aromatic carbocycles. The van der Waals surface area contributed by atoms with Crippen molar-refractivity contribution in [1.82, 2.24) is 4.98 Å². The van der Waals surface area contributed by atoms with E-state index < -0.39 is 29.3 Å². The van der Waals surface area contributed by atoms with Crippen molar-refractivity contribution in [3.05, 3.63) is 83.2 Å². The number of Topliss-reactive ketones (excluding diaryl/α,β-unsaturated/α-hetero) is 1. The standard InChI is InChI=1S/C32H31FN2O6S/c1-5-40-22-11-12-23-26(17-22)42-32(34-23)35-28(20-8-13-24(25(16-20)39-4)41-15-14-18(2)3)27(30(37)31(35)38)29(36)19-6-9-21(33)10-7-19/h6-13,16-18,28,36H,5,14-15H2,1-4H3. The van der Waals surface area contributed by atoms with Gasteiger partial charge in [-0.3, -0.25) is 14.5 Å². The van der Waals surface area contributed by atoms with Crippen molar-refractivity contribution in [3.63, 3.8) is 0 Å². The Bertz CT molecular complexity index is 1660. The van der Waals surface area contributed by atoms with Crippen LogP contribution >= 0.6 is 11.3 Å². The minimum absolute atomic E-state index is 0.142. The van der Waals surface area contributed by atoms with Gasteiger partial charge in [-0.1, -0.05) is 31.3 Å². The number of aliphatic hydroxyl groups is 1. The minimum Gasteiger partial charge on any atom is -0.507 e. The van der Waals surface area contributed by atoms with Crippen molar-refractivity contribution in [2.45, 2.75) is 33.2 Å². The predicted octanol–water partition coefficient (Wildman–Crippen LogP) is 6.89. The largest absolute Gasteiger partial charge is 0.507 e. The van der Waals surface area contributed by atoms with Gasteiger partial charge in [0, 0.05) is 5.56 Å². The van der Waals surface area contributed by atoms with Crippen LogP contribution in [0.25, 0.3) is 16.0 Å². The summed E-state index contributed by atoms with van der Waals surface area (Å²) in [7, 11) is 1.51. The monoisotopic (exact) mass is 590 g/mol. The number of carbonyl (C=O) groups is 2. The second-order valence-corrected chi connectivity index (χ2v) is 11.2. The molecule has 8 nitrogen and oxygen atoms in total. The topological polar surface area (TPSA) is 98.2 Å². The van der Waals surface area contributed by atoms with E-state index >= 15 is 0 Å². The van der Waals surface area contributed by atoms with Crippen molar-refractivity contribution in [2.24, 2.45) is 5.92 Å². The molecule has 1 unspecified atom stereocenters. The number of rotatable bonds is 10. The predicted molar refractivity (Wildman–Crippen MR) is 160 cm³/mol. The van der Waals surface area contributed by atoms with Gasteiger partial charge in [0.2, 0.25) is 0 Å². The smallest absolute Gasteiger partial charge is 0.301 e. The van der Waals surface area contributed by atoms with Crippen LogP contribution in [0, 0.1) is 11.7 Å². The van der Waals surface area contributed by atoms with E-state index in [1.165, 1.54) is 47.6 Å². The molecule has 2 heterocycles. The Labute approximate surface area is 247 Å². The Kier molecular flexibility index (Phi) is 8.44. The SMILES string of the molecule is CCOc1ccc2nc(N3C(=O)C(=O)C(=C(O)c4ccc(F)cc4)C3c3ccc(OCCC(C)C)c(OC)c3)sc2c1. The summed E-state index contributed by atoms with van der Waals surface area (Å²) in [6.07, 6.45) is 0.853. The van der Waals surface area contributed by atoms with Crippen molar-refractivity contribution in [1.29, 1.82) is 0 Å². The summed E-state index contributed by atoms with van der Waals surface area (Å²) in [6.45, 7) is 7.08. The fourth-order valence-corrected chi connectivity index (χ4v) is 5.76. The lowest BCUT2D eigenvalue weighted by Gasteiger charge is -2.24. The van der Waals surface area contributed by atoms with Crippen molar-refractivity contribution < 1.29 is 33.3 Å². The Morgan fingerprint density at radius 2 is 1.81 bits per heavy atom. The van der Waals surface area contributed by atoms with Gasteiger partial charge in [0.15, 0.2) is 16.6 Å². The van der Waals surface area contributed by atoms with Crippen LogP contribution in [0.4, 0.5) is 9.52 Å². The van der Waals surface area contributed by atoms with Gasteiger partial charge in [-0.25, -0.2) is 9.37 Å². The number of halogens is 1. The molecule has 0 spiro atoms. The van der Waals surface area contributed by atoms with Gasteiger partial charge >= 0.3 is 5.91 Å². The molecule has 1 aliphatic rings. The highest BCUT2D eigenvalue weighted by molar-refractivity contribution is 7.22. The lowest BCUT2D eigenvalue weighted by atomic mass is 9.95. The number of methoxy groups -OCH3 is 1. The lowest BCUT2D eigenvalue weighted by molar-refractivity contribution is -0.132. The van der Waals surface area contributed by atoms with E-state index in [0.29, 0.717) is 47.5 Å². The van der Waals surface area contributed by atoms with E-state index in [0.717, 1.165) is 11.1 Å². The summed E-state index contributed by atoms with van der Waals surface area (Å²) in [4.78, 5) is 33.1. The molecule has 1 aliphatic heterocycles. The van der Waals surface area contributed by atoms with Gasteiger partial charge in [-0.15, -0.1) is 0 Å². The van der Waals surface area contributed by atoms with Gasteiger partial charge in [-0.2, -0.15) is 0 Å². The number of hydrogen-bond donors (Lipinski definition) is 1. The molecule has 1 aromatic heterocycles. The molecule has 4 aromatic rings. The van der Waals surface area contributed by atoms with Crippen molar-refractivity contribution >= 4 is 44.1 Å². The first kappa shape index (κ1) is 29.1. The Morgan fingerprint density at radius 3 is 2.50 bits per heavy atom. The van der Waals surface area contributed by atoms with Crippen molar-refractivity contribution in [2.75, 3.05) is 25.2 Å². The van der Waals surface area contributed by atoms with Crippen LogP contribution in [-0.4, -0.2) is 42.1 Å². The second-order valence-electron chi connectivity index (χ2n) is 10.2. The Morgan fingerprint density at radius 1 is 1.05 bits per heavy atom. The summed E-state index contributed by atoms with van der Waals surface area (Å²) in [6, 6.07) is 14.6. The molecule has 1 amide bonds. The van der Waals surface area contributed by atoms with Crippen LogP contribution in [0.3, 0.4) is 0 Å².